The molecule has 1 aromatic heterocycles. The first kappa shape index (κ1) is 15.1. The van der Waals surface area contributed by atoms with Crippen molar-refractivity contribution >= 4 is 28.0 Å². The van der Waals surface area contributed by atoms with E-state index in [0.29, 0.717) is 18.8 Å². The average Bonchev–Trinajstić information content (AvgIpc) is 2.99. The second kappa shape index (κ2) is 5.59. The normalized spacial score (nSPS) is 13.7. The Hall–Kier alpha value is -3.42. The third-order valence-corrected chi connectivity index (χ3v) is 4.59. The number of benzene rings is 2. The summed E-state index contributed by atoms with van der Waals surface area (Å²) < 4.78 is 0. The predicted octanol–water partition coefficient (Wildman–Crippen LogP) is 3.55. The minimum Gasteiger partial charge on any atom is -0.361 e. The third kappa shape index (κ3) is 2.47. The van der Waals surface area contributed by atoms with E-state index in [2.05, 4.69) is 4.98 Å². The lowest BCUT2D eigenvalue weighted by molar-refractivity contribution is -0.393. The van der Waals surface area contributed by atoms with Crippen LogP contribution in [0.1, 0.15) is 11.3 Å². The maximum absolute atomic E-state index is 11.4. The second-order valence-electron chi connectivity index (χ2n) is 5.99. The molecule has 3 aromatic rings. The Morgan fingerprint density at radius 3 is 2.60 bits per heavy atom. The van der Waals surface area contributed by atoms with Crippen LogP contribution < -0.4 is 4.90 Å². The van der Waals surface area contributed by atoms with E-state index in [1.807, 2.05) is 29.2 Å². The molecule has 0 bridgehead atoms. The first-order valence-corrected chi connectivity index (χ1v) is 7.81. The first-order valence-electron chi connectivity index (χ1n) is 7.81. The van der Waals surface area contributed by atoms with Crippen LogP contribution in [0.2, 0.25) is 0 Å². The van der Waals surface area contributed by atoms with Crippen molar-refractivity contribution in [1.82, 2.24) is 4.98 Å². The molecule has 0 amide bonds. The molecular formula is C17H14N4O4. The Morgan fingerprint density at radius 1 is 1.04 bits per heavy atom. The van der Waals surface area contributed by atoms with Crippen LogP contribution in [0.25, 0.3) is 10.9 Å². The van der Waals surface area contributed by atoms with Crippen molar-refractivity contribution in [3.63, 3.8) is 0 Å². The Kier molecular flexibility index (Phi) is 3.38. The van der Waals surface area contributed by atoms with Gasteiger partial charge in [0.1, 0.15) is 5.69 Å². The van der Waals surface area contributed by atoms with Crippen LogP contribution in [0.5, 0.6) is 0 Å². The molecule has 126 valence electrons. The zero-order valence-electron chi connectivity index (χ0n) is 13.1. The number of non-ortho nitro benzene ring substituents is 1. The Bertz CT molecular complexity index is 1010. The Labute approximate surface area is 142 Å². The van der Waals surface area contributed by atoms with E-state index in [9.17, 15) is 20.2 Å². The largest absolute Gasteiger partial charge is 0.361 e. The van der Waals surface area contributed by atoms with E-state index in [0.717, 1.165) is 34.6 Å². The summed E-state index contributed by atoms with van der Waals surface area (Å²) in [5.74, 6) is 0. The van der Waals surface area contributed by atoms with Crippen molar-refractivity contribution in [3.8, 4) is 0 Å². The van der Waals surface area contributed by atoms with Gasteiger partial charge in [-0.05, 0) is 12.1 Å². The fourth-order valence-electron chi connectivity index (χ4n) is 3.41. The maximum atomic E-state index is 11.4. The van der Waals surface area contributed by atoms with Crippen LogP contribution in [0.15, 0.2) is 42.5 Å². The molecule has 25 heavy (non-hydrogen) atoms. The van der Waals surface area contributed by atoms with Gasteiger partial charge in [0.2, 0.25) is 0 Å². The van der Waals surface area contributed by atoms with Gasteiger partial charge >= 0.3 is 0 Å². The molecule has 0 saturated heterocycles. The number of aromatic nitrogens is 1. The highest BCUT2D eigenvalue weighted by atomic mass is 16.6. The van der Waals surface area contributed by atoms with Crippen molar-refractivity contribution in [2.75, 3.05) is 11.4 Å². The topological polar surface area (TPSA) is 105 Å². The standard InChI is InChI=1S/C17H14N4O4/c22-20(23)11-5-6-16(17(9-11)21(24)25)19-8-7-15-13(10-19)12-3-1-2-4-14(12)18-15/h1-6,9,18H,7-8,10H2. The highest BCUT2D eigenvalue weighted by molar-refractivity contribution is 5.85. The van der Waals surface area contributed by atoms with Crippen LogP contribution in [0, 0.1) is 20.2 Å². The van der Waals surface area contributed by atoms with Gasteiger partial charge < -0.3 is 9.88 Å². The lowest BCUT2D eigenvalue weighted by Crippen LogP contribution is -2.30. The molecule has 8 heteroatoms. The molecule has 0 atom stereocenters. The van der Waals surface area contributed by atoms with E-state index in [4.69, 9.17) is 0 Å². The van der Waals surface area contributed by atoms with Gasteiger partial charge in [-0.25, -0.2) is 0 Å². The van der Waals surface area contributed by atoms with Gasteiger partial charge in [0.05, 0.1) is 15.9 Å². The fraction of sp³-hybridized carbons (Fsp3) is 0.176. The van der Waals surface area contributed by atoms with Gasteiger partial charge in [0.15, 0.2) is 0 Å². The Balaban J connectivity index is 1.76. The van der Waals surface area contributed by atoms with Gasteiger partial charge in [-0.3, -0.25) is 20.2 Å². The van der Waals surface area contributed by atoms with E-state index < -0.39 is 9.85 Å². The molecule has 0 radical (unpaired) electrons. The van der Waals surface area contributed by atoms with Crippen LogP contribution >= 0.6 is 0 Å². The smallest absolute Gasteiger partial charge is 0.299 e. The number of anilines is 1. The summed E-state index contributed by atoms with van der Waals surface area (Å²) in [6.45, 7) is 1.14. The lowest BCUT2D eigenvalue weighted by Gasteiger charge is -2.28. The van der Waals surface area contributed by atoms with Gasteiger partial charge in [-0.1, -0.05) is 18.2 Å². The average molecular weight is 338 g/mol. The summed E-state index contributed by atoms with van der Waals surface area (Å²) in [5.41, 5.74) is 3.20. The molecule has 1 N–H and O–H groups in total. The molecule has 1 aliphatic rings. The number of fused-ring (bicyclic) bond motifs is 3. The number of aromatic amines is 1. The number of nitrogens with one attached hydrogen (secondary N) is 1. The van der Waals surface area contributed by atoms with E-state index >= 15 is 0 Å². The molecular weight excluding hydrogens is 324 g/mol. The number of nitrogens with zero attached hydrogens (tertiary/aromatic N) is 3. The van der Waals surface area contributed by atoms with Crippen LogP contribution in [0.3, 0.4) is 0 Å². The summed E-state index contributed by atoms with van der Waals surface area (Å²) in [7, 11) is 0. The number of hydrogen-bond acceptors (Lipinski definition) is 5. The summed E-state index contributed by atoms with van der Waals surface area (Å²) in [6, 6.07) is 11.8. The maximum Gasteiger partial charge on any atom is 0.299 e. The molecule has 0 saturated carbocycles. The number of H-pyrrole nitrogens is 1. The van der Waals surface area contributed by atoms with E-state index in [1.54, 1.807) is 0 Å². The number of nitro groups is 2. The zero-order chi connectivity index (χ0) is 17.6. The molecule has 2 heterocycles. The van der Waals surface area contributed by atoms with Crippen molar-refractivity contribution in [2.45, 2.75) is 13.0 Å². The molecule has 2 aromatic carbocycles. The van der Waals surface area contributed by atoms with Crippen molar-refractivity contribution in [2.24, 2.45) is 0 Å². The molecule has 0 unspecified atom stereocenters. The SMILES string of the molecule is O=[N+]([O-])c1ccc(N2CCc3[nH]c4ccccc4c3C2)c([N+](=O)[O-])c1. The molecule has 8 nitrogen and oxygen atoms in total. The highest BCUT2D eigenvalue weighted by Gasteiger charge is 2.27. The molecule has 0 spiro atoms. The fourth-order valence-corrected chi connectivity index (χ4v) is 3.41. The van der Waals surface area contributed by atoms with Gasteiger partial charge in [-0.2, -0.15) is 0 Å². The van der Waals surface area contributed by atoms with Crippen molar-refractivity contribution < 1.29 is 9.85 Å². The van der Waals surface area contributed by atoms with Crippen molar-refractivity contribution in [1.29, 1.82) is 0 Å². The van der Waals surface area contributed by atoms with Crippen LogP contribution in [-0.2, 0) is 13.0 Å². The number of hydrogen-bond donors (Lipinski definition) is 1. The lowest BCUT2D eigenvalue weighted by atomic mass is 10.0. The van der Waals surface area contributed by atoms with Gasteiger partial charge in [0.25, 0.3) is 11.4 Å². The quantitative estimate of drug-likeness (QED) is 0.581. The molecule has 0 fully saturated rings. The minimum absolute atomic E-state index is 0.238. The molecule has 4 rings (SSSR count). The minimum atomic E-state index is -0.620. The molecule has 0 aliphatic carbocycles. The van der Waals surface area contributed by atoms with Crippen LogP contribution in [-0.4, -0.2) is 21.4 Å². The summed E-state index contributed by atoms with van der Waals surface area (Å²) in [4.78, 5) is 26.4. The van der Waals surface area contributed by atoms with Gasteiger partial charge in [-0.15, -0.1) is 0 Å². The van der Waals surface area contributed by atoms with Crippen LogP contribution in [0.4, 0.5) is 17.1 Å². The zero-order valence-corrected chi connectivity index (χ0v) is 13.1. The summed E-state index contributed by atoms with van der Waals surface area (Å²) >= 11 is 0. The second-order valence-corrected chi connectivity index (χ2v) is 5.99. The van der Waals surface area contributed by atoms with Gasteiger partial charge in [0, 0.05) is 47.7 Å². The monoisotopic (exact) mass is 338 g/mol. The molecule has 1 aliphatic heterocycles. The van der Waals surface area contributed by atoms with E-state index in [1.165, 1.54) is 12.1 Å². The number of nitro benzene ring substituents is 2. The summed E-state index contributed by atoms with van der Waals surface area (Å²) in [5, 5.41) is 23.4. The Morgan fingerprint density at radius 2 is 1.84 bits per heavy atom. The van der Waals surface area contributed by atoms with E-state index in [-0.39, 0.29) is 11.4 Å². The first-order chi connectivity index (χ1) is 12.0. The number of para-hydroxylation sites is 1. The predicted molar refractivity (Wildman–Crippen MR) is 92.8 cm³/mol. The highest BCUT2D eigenvalue weighted by Crippen LogP contribution is 2.36. The number of rotatable bonds is 3. The summed E-state index contributed by atoms with van der Waals surface area (Å²) in [6.07, 6.45) is 0.734. The third-order valence-electron chi connectivity index (χ3n) is 4.59. The van der Waals surface area contributed by atoms with Crippen molar-refractivity contribution in [3.05, 3.63) is 74.0 Å².